The van der Waals surface area contributed by atoms with Gasteiger partial charge >= 0.3 is 0 Å². The summed E-state index contributed by atoms with van der Waals surface area (Å²) in [5.41, 5.74) is 7.66. The molecule has 0 radical (unpaired) electrons. The van der Waals surface area contributed by atoms with Gasteiger partial charge in [0.15, 0.2) is 15.0 Å². The van der Waals surface area contributed by atoms with Crippen LogP contribution in [0.2, 0.25) is 0 Å². The largest absolute Gasteiger partial charge is 0.511 e. The summed E-state index contributed by atoms with van der Waals surface area (Å²) in [7, 11) is -3.08. The molecule has 1 atom stereocenters. The number of nitrogens with two attached hydrogens (primary N) is 1. The zero-order valence-corrected chi connectivity index (χ0v) is 25.4. The summed E-state index contributed by atoms with van der Waals surface area (Å²) in [6, 6.07) is 2.32. The summed E-state index contributed by atoms with van der Waals surface area (Å²) in [6.45, 7) is 15.7. The maximum Gasteiger partial charge on any atom is 0.210 e. The Balaban J connectivity index is 0.000000333. The number of hydrogen-bond donors (Lipinski definition) is 2. The second kappa shape index (κ2) is 15.0. The second-order valence-corrected chi connectivity index (χ2v) is 13.5. The number of nitrogens with zero attached hydrogens (tertiary/aromatic N) is 3. The topological polar surface area (TPSA) is 117 Å². The number of halogens is 1. The van der Waals surface area contributed by atoms with Gasteiger partial charge in [0.2, 0.25) is 6.41 Å². The maximum absolute atomic E-state index is 14.6. The predicted octanol–water partition coefficient (Wildman–Crippen LogP) is 5.42. The van der Waals surface area contributed by atoms with Crippen LogP contribution in [0.5, 0.6) is 0 Å². The molecule has 1 fully saturated rings. The number of anilines is 1. The molecule has 1 aromatic heterocycles. The van der Waals surface area contributed by atoms with Crippen molar-refractivity contribution in [2.75, 3.05) is 30.8 Å². The number of hydrogen-bond acceptors (Lipinski definition) is 8. The first kappa shape index (κ1) is 33.0. The third-order valence-electron chi connectivity index (χ3n) is 6.42. The van der Waals surface area contributed by atoms with Crippen LogP contribution in [0.4, 0.5) is 9.52 Å². The van der Waals surface area contributed by atoms with Crippen LogP contribution in [0.25, 0.3) is 11.8 Å². The molecule has 8 nitrogen and oxygen atoms in total. The van der Waals surface area contributed by atoms with Crippen LogP contribution < -0.4 is 10.6 Å². The Morgan fingerprint density at radius 3 is 2.42 bits per heavy atom. The van der Waals surface area contributed by atoms with Crippen molar-refractivity contribution in [1.29, 1.82) is 0 Å². The van der Waals surface area contributed by atoms with Crippen LogP contribution in [0.1, 0.15) is 56.7 Å². The Morgan fingerprint density at radius 2 is 1.95 bits per heavy atom. The highest BCUT2D eigenvalue weighted by atomic mass is 32.2. The van der Waals surface area contributed by atoms with Gasteiger partial charge in [-0.25, -0.2) is 17.8 Å². The standard InChI is InChI=1S/C21H29FN2O2.C8H12N2O2S2/c1-6-7-17-10-18(20(22)12-19(17)15(4)23)11-21(16(5)26)24(13-25)9-8-14(2)3;1-14(11,12)7-6-9-8(13-7)10-4-2-3-5-10/h6-7,10,12-14,21,26H,4-5,8-9,11,23H2,1-3H3;6H,2-5H2,1H3/b7-6-;. The van der Waals surface area contributed by atoms with Crippen molar-refractivity contribution < 1.29 is 22.7 Å². The molecule has 3 rings (SSSR count). The third kappa shape index (κ3) is 9.48. The summed E-state index contributed by atoms with van der Waals surface area (Å²) in [5, 5.41) is 10.8. The Morgan fingerprint density at radius 1 is 1.30 bits per heavy atom. The number of carbonyl (C=O) groups is 1. The molecule has 3 N–H and O–H groups in total. The summed E-state index contributed by atoms with van der Waals surface area (Å²) in [6.07, 6.45) is 10.2. The van der Waals surface area contributed by atoms with Crippen molar-refractivity contribution in [2.45, 2.75) is 56.7 Å². The van der Waals surface area contributed by atoms with Crippen molar-refractivity contribution in [2.24, 2.45) is 11.7 Å². The molecule has 2 aromatic rings. The molecule has 0 aliphatic carbocycles. The number of aliphatic hydroxyl groups is 1. The molecule has 1 amide bonds. The van der Waals surface area contributed by atoms with Gasteiger partial charge in [0.1, 0.15) is 15.8 Å². The van der Waals surface area contributed by atoms with Gasteiger partial charge in [0, 0.05) is 43.6 Å². The minimum absolute atomic E-state index is 0.125. The number of aromatic nitrogens is 1. The molecule has 1 aromatic carbocycles. The fraction of sp³-hybridized carbons (Fsp3) is 0.448. The van der Waals surface area contributed by atoms with Crippen molar-refractivity contribution in [3.05, 3.63) is 65.8 Å². The predicted molar refractivity (Wildman–Crippen MR) is 162 cm³/mol. The first-order valence-electron chi connectivity index (χ1n) is 13.2. The van der Waals surface area contributed by atoms with Gasteiger partial charge in [-0.2, -0.15) is 0 Å². The number of aliphatic hydroxyl groups excluding tert-OH is 1. The average Bonchev–Trinajstić information content (AvgIpc) is 3.57. The van der Waals surface area contributed by atoms with Crippen LogP contribution >= 0.6 is 11.3 Å². The van der Waals surface area contributed by atoms with Crippen LogP contribution in [0, 0.1) is 11.7 Å². The van der Waals surface area contributed by atoms with Crippen molar-refractivity contribution in [3.63, 3.8) is 0 Å². The lowest BCUT2D eigenvalue weighted by Crippen LogP contribution is -2.38. The summed E-state index contributed by atoms with van der Waals surface area (Å²) < 4.78 is 37.4. The molecule has 0 spiro atoms. The zero-order valence-electron chi connectivity index (χ0n) is 23.8. The molecule has 220 valence electrons. The van der Waals surface area contributed by atoms with Gasteiger partial charge in [0.25, 0.3) is 0 Å². The Labute approximate surface area is 241 Å². The van der Waals surface area contributed by atoms with E-state index >= 15 is 0 Å². The lowest BCUT2D eigenvalue weighted by atomic mass is 9.96. The number of sulfone groups is 1. The quantitative estimate of drug-likeness (QED) is 0.250. The zero-order chi connectivity index (χ0) is 30.0. The third-order valence-corrected chi connectivity index (χ3v) is 9.27. The molecule has 1 saturated heterocycles. The number of carbonyl (C=O) groups excluding carboxylic acids is 1. The van der Waals surface area contributed by atoms with E-state index < -0.39 is 21.7 Å². The normalized spacial score (nSPS) is 14.2. The van der Waals surface area contributed by atoms with Gasteiger partial charge in [-0.3, -0.25) is 4.79 Å². The van der Waals surface area contributed by atoms with E-state index in [-0.39, 0.29) is 17.9 Å². The highest BCUT2D eigenvalue weighted by Gasteiger charge is 2.23. The van der Waals surface area contributed by atoms with Crippen LogP contribution in [-0.2, 0) is 21.1 Å². The van der Waals surface area contributed by atoms with Gasteiger partial charge in [-0.1, -0.05) is 50.5 Å². The Hall–Kier alpha value is -3.18. The summed E-state index contributed by atoms with van der Waals surface area (Å²) >= 11 is 1.26. The van der Waals surface area contributed by atoms with E-state index in [4.69, 9.17) is 5.73 Å². The van der Waals surface area contributed by atoms with Crippen LogP contribution in [0.3, 0.4) is 0 Å². The van der Waals surface area contributed by atoms with Crippen molar-refractivity contribution in [1.82, 2.24) is 9.88 Å². The van der Waals surface area contributed by atoms with E-state index in [0.717, 1.165) is 30.2 Å². The van der Waals surface area contributed by atoms with Crippen LogP contribution in [0.15, 0.2) is 47.5 Å². The average molecular weight is 593 g/mol. The smallest absolute Gasteiger partial charge is 0.210 e. The monoisotopic (exact) mass is 592 g/mol. The molecule has 0 saturated carbocycles. The molecule has 1 unspecified atom stereocenters. The van der Waals surface area contributed by atoms with E-state index in [0.29, 0.717) is 34.2 Å². The molecule has 40 heavy (non-hydrogen) atoms. The van der Waals surface area contributed by atoms with E-state index in [1.54, 1.807) is 6.07 Å². The highest BCUT2D eigenvalue weighted by Crippen LogP contribution is 2.28. The molecular weight excluding hydrogens is 551 g/mol. The molecule has 0 bridgehead atoms. The fourth-order valence-corrected chi connectivity index (χ4v) is 5.97. The maximum atomic E-state index is 14.6. The number of rotatable bonds is 12. The minimum Gasteiger partial charge on any atom is -0.511 e. The molecule has 1 aliphatic heterocycles. The highest BCUT2D eigenvalue weighted by molar-refractivity contribution is 7.92. The minimum atomic E-state index is -3.08. The van der Waals surface area contributed by atoms with E-state index in [2.05, 4.69) is 23.0 Å². The first-order chi connectivity index (χ1) is 18.8. The molecular formula is C29H41FN4O4S2. The van der Waals surface area contributed by atoms with Crippen molar-refractivity contribution >= 4 is 44.5 Å². The number of amides is 1. The van der Waals surface area contributed by atoms with E-state index in [1.807, 2.05) is 32.9 Å². The molecule has 2 heterocycles. The van der Waals surface area contributed by atoms with E-state index in [1.165, 1.54) is 47.6 Å². The number of allylic oxidation sites excluding steroid dienone is 1. The molecule has 11 heteroatoms. The van der Waals surface area contributed by atoms with Gasteiger partial charge < -0.3 is 20.6 Å². The molecule has 1 aliphatic rings. The van der Waals surface area contributed by atoms with Gasteiger partial charge in [0.05, 0.1) is 12.2 Å². The lowest BCUT2D eigenvalue weighted by molar-refractivity contribution is -0.120. The fourth-order valence-electron chi connectivity index (χ4n) is 4.19. The number of thiazole rings is 1. The summed E-state index contributed by atoms with van der Waals surface area (Å²) in [5.74, 6) is -0.223. The van der Waals surface area contributed by atoms with E-state index in [9.17, 15) is 22.7 Å². The SMILES string of the molecule is C=C(N)c1cc(F)c(CC(C(=C)O)N(C=O)CCC(C)C)cc1/C=C\C.CS(=O)(=O)c1cnc(N2CCCC2)s1. The Bertz CT molecular complexity index is 1320. The van der Waals surface area contributed by atoms with Gasteiger partial charge in [-0.15, -0.1) is 0 Å². The number of benzene rings is 1. The first-order valence-corrected chi connectivity index (χ1v) is 15.9. The Kier molecular flexibility index (Phi) is 12.4. The summed E-state index contributed by atoms with van der Waals surface area (Å²) in [4.78, 5) is 19.2. The lowest BCUT2D eigenvalue weighted by Gasteiger charge is -2.28. The second-order valence-electron chi connectivity index (χ2n) is 10.2. The van der Waals surface area contributed by atoms with Crippen LogP contribution in [-0.4, -0.2) is 61.8 Å². The van der Waals surface area contributed by atoms with Gasteiger partial charge in [-0.05, 0) is 55.4 Å². The van der Waals surface area contributed by atoms with Crippen molar-refractivity contribution in [3.8, 4) is 0 Å².